The number of benzene rings is 1. The van der Waals surface area contributed by atoms with Crippen molar-refractivity contribution in [1.82, 2.24) is 9.97 Å². The Morgan fingerprint density at radius 3 is 2.71 bits per heavy atom. The van der Waals surface area contributed by atoms with Gasteiger partial charge in [0, 0.05) is 16.2 Å². The van der Waals surface area contributed by atoms with Crippen LogP contribution in [0, 0.1) is 3.57 Å². The van der Waals surface area contributed by atoms with Crippen molar-refractivity contribution in [3.05, 3.63) is 40.2 Å². The highest BCUT2D eigenvalue weighted by Gasteiger charge is 2.00. The summed E-state index contributed by atoms with van der Waals surface area (Å²) in [6.07, 6.45) is 1.49. The van der Waals surface area contributed by atoms with Crippen LogP contribution >= 0.6 is 22.6 Å². The van der Waals surface area contributed by atoms with E-state index in [1.54, 1.807) is 6.07 Å². The lowest BCUT2D eigenvalue weighted by Crippen LogP contribution is -2.00. The fraction of sp³-hybridized carbons (Fsp3) is 0.167. The largest absolute Gasteiger partial charge is 0.439 e. The monoisotopic (exact) mass is 341 g/mol. The Bertz CT molecular complexity index is 487. The molecule has 0 bridgehead atoms. The minimum Gasteiger partial charge on any atom is -0.439 e. The van der Waals surface area contributed by atoms with E-state index < -0.39 is 0 Å². The second kappa shape index (κ2) is 5.81. The van der Waals surface area contributed by atoms with E-state index in [2.05, 4.69) is 37.9 Å². The van der Waals surface area contributed by atoms with Crippen LogP contribution in [0.15, 0.2) is 36.7 Å². The molecule has 5 heteroatoms. The lowest BCUT2D eigenvalue weighted by atomic mass is 10.3. The van der Waals surface area contributed by atoms with Gasteiger partial charge in [0.15, 0.2) is 0 Å². The number of nitrogens with one attached hydrogen (secondary N) is 1. The highest BCUT2D eigenvalue weighted by molar-refractivity contribution is 14.1. The van der Waals surface area contributed by atoms with Crippen LogP contribution in [-0.4, -0.2) is 16.5 Å². The molecule has 0 atom stereocenters. The predicted molar refractivity (Wildman–Crippen MR) is 75.4 cm³/mol. The van der Waals surface area contributed by atoms with Gasteiger partial charge in [-0.25, -0.2) is 9.97 Å². The zero-order valence-corrected chi connectivity index (χ0v) is 11.5. The number of rotatable bonds is 4. The molecule has 0 radical (unpaired) electrons. The molecule has 0 aliphatic heterocycles. The minimum atomic E-state index is 0.539. The molecular formula is C12H12IN3O. The van der Waals surface area contributed by atoms with E-state index in [-0.39, 0.29) is 0 Å². The van der Waals surface area contributed by atoms with Gasteiger partial charge in [0.2, 0.25) is 5.88 Å². The molecule has 1 N–H and O–H groups in total. The second-order valence-electron chi connectivity index (χ2n) is 3.33. The molecule has 0 amide bonds. The van der Waals surface area contributed by atoms with Crippen molar-refractivity contribution in [3.8, 4) is 11.6 Å². The number of hydrogen-bond donors (Lipinski definition) is 1. The van der Waals surface area contributed by atoms with E-state index in [1.807, 2.05) is 31.2 Å². The van der Waals surface area contributed by atoms with Crippen molar-refractivity contribution in [1.29, 1.82) is 0 Å². The fourth-order valence-electron chi connectivity index (χ4n) is 1.30. The van der Waals surface area contributed by atoms with Crippen molar-refractivity contribution in [2.24, 2.45) is 0 Å². The molecule has 1 aromatic carbocycles. The molecule has 0 aliphatic carbocycles. The Labute approximate surface area is 114 Å². The maximum Gasteiger partial charge on any atom is 0.224 e. The summed E-state index contributed by atoms with van der Waals surface area (Å²) < 4.78 is 6.80. The summed E-state index contributed by atoms with van der Waals surface area (Å²) in [5.41, 5.74) is 0. The summed E-state index contributed by atoms with van der Waals surface area (Å²) in [6.45, 7) is 2.84. The summed E-state index contributed by atoms with van der Waals surface area (Å²) in [4.78, 5) is 8.15. The molecule has 17 heavy (non-hydrogen) atoms. The molecule has 0 spiro atoms. The number of hydrogen-bond acceptors (Lipinski definition) is 4. The first-order valence-corrected chi connectivity index (χ1v) is 6.35. The van der Waals surface area contributed by atoms with Gasteiger partial charge >= 0.3 is 0 Å². The molecule has 2 aromatic rings. The molecule has 2 rings (SSSR count). The lowest BCUT2D eigenvalue weighted by Gasteiger charge is -2.06. The summed E-state index contributed by atoms with van der Waals surface area (Å²) in [5.74, 6) is 2.08. The molecule has 0 saturated carbocycles. The van der Waals surface area contributed by atoms with Crippen molar-refractivity contribution in [2.75, 3.05) is 11.9 Å². The van der Waals surface area contributed by atoms with Gasteiger partial charge in [-0.2, -0.15) is 0 Å². The Hall–Kier alpha value is -1.37. The fourth-order valence-corrected chi connectivity index (χ4v) is 1.66. The number of ether oxygens (including phenoxy) is 1. The average Bonchev–Trinajstić information content (AvgIpc) is 2.33. The summed E-state index contributed by atoms with van der Waals surface area (Å²) in [5, 5.41) is 3.11. The maximum atomic E-state index is 5.63. The van der Waals surface area contributed by atoms with Crippen LogP contribution in [-0.2, 0) is 0 Å². The highest BCUT2D eigenvalue weighted by Crippen LogP contribution is 2.21. The molecule has 0 fully saturated rings. The first kappa shape index (κ1) is 12.1. The predicted octanol–water partition coefficient (Wildman–Crippen LogP) is 3.31. The van der Waals surface area contributed by atoms with Gasteiger partial charge in [0.1, 0.15) is 17.9 Å². The number of nitrogens with zero attached hydrogens (tertiary/aromatic N) is 2. The number of aromatic nitrogens is 2. The number of halogens is 1. The first-order chi connectivity index (χ1) is 8.28. The topological polar surface area (TPSA) is 47.0 Å². The minimum absolute atomic E-state index is 0.539. The molecule has 0 aliphatic rings. The second-order valence-corrected chi connectivity index (χ2v) is 4.57. The molecule has 1 heterocycles. The van der Waals surface area contributed by atoms with E-state index in [0.29, 0.717) is 5.88 Å². The maximum absolute atomic E-state index is 5.63. The molecular weight excluding hydrogens is 329 g/mol. The summed E-state index contributed by atoms with van der Waals surface area (Å²) in [6, 6.07) is 9.58. The number of anilines is 1. The third kappa shape index (κ3) is 3.55. The third-order valence-electron chi connectivity index (χ3n) is 2.04. The molecule has 88 valence electrons. The first-order valence-electron chi connectivity index (χ1n) is 5.27. The normalized spacial score (nSPS) is 10.0. The zero-order valence-electron chi connectivity index (χ0n) is 9.35. The SMILES string of the molecule is CCNc1cc(Oc2ccc(I)cc2)ncn1. The van der Waals surface area contributed by atoms with Crippen LogP contribution < -0.4 is 10.1 Å². The zero-order chi connectivity index (χ0) is 12.1. The Balaban J connectivity index is 2.12. The molecule has 0 unspecified atom stereocenters. The summed E-state index contributed by atoms with van der Waals surface area (Å²) in [7, 11) is 0. The quantitative estimate of drug-likeness (QED) is 0.867. The molecule has 4 nitrogen and oxygen atoms in total. The van der Waals surface area contributed by atoms with Crippen LogP contribution in [0.4, 0.5) is 5.82 Å². The van der Waals surface area contributed by atoms with E-state index in [0.717, 1.165) is 18.1 Å². The Kier molecular flexibility index (Phi) is 4.13. The van der Waals surface area contributed by atoms with Crippen LogP contribution in [0.5, 0.6) is 11.6 Å². The lowest BCUT2D eigenvalue weighted by molar-refractivity contribution is 0.462. The highest BCUT2D eigenvalue weighted by atomic mass is 127. The van der Waals surface area contributed by atoms with Gasteiger partial charge in [-0.05, 0) is 53.8 Å². The van der Waals surface area contributed by atoms with Crippen LogP contribution in [0.1, 0.15) is 6.92 Å². The molecule has 1 aromatic heterocycles. The van der Waals surface area contributed by atoms with Gasteiger partial charge in [-0.1, -0.05) is 0 Å². The van der Waals surface area contributed by atoms with E-state index in [1.165, 1.54) is 9.90 Å². The van der Waals surface area contributed by atoms with Gasteiger partial charge in [-0.3, -0.25) is 0 Å². The van der Waals surface area contributed by atoms with E-state index in [9.17, 15) is 0 Å². The van der Waals surface area contributed by atoms with Gasteiger partial charge < -0.3 is 10.1 Å². The van der Waals surface area contributed by atoms with Gasteiger partial charge in [0.05, 0.1) is 0 Å². The summed E-state index contributed by atoms with van der Waals surface area (Å²) >= 11 is 2.25. The van der Waals surface area contributed by atoms with Crippen molar-refractivity contribution >= 4 is 28.4 Å². The van der Waals surface area contributed by atoms with E-state index >= 15 is 0 Å². The van der Waals surface area contributed by atoms with E-state index in [4.69, 9.17) is 4.74 Å². The Morgan fingerprint density at radius 2 is 2.00 bits per heavy atom. The van der Waals surface area contributed by atoms with Crippen molar-refractivity contribution < 1.29 is 4.74 Å². The van der Waals surface area contributed by atoms with Crippen LogP contribution in [0.3, 0.4) is 0 Å². The average molecular weight is 341 g/mol. The smallest absolute Gasteiger partial charge is 0.224 e. The van der Waals surface area contributed by atoms with Crippen LogP contribution in [0.25, 0.3) is 0 Å². The van der Waals surface area contributed by atoms with Gasteiger partial charge in [0.25, 0.3) is 0 Å². The Morgan fingerprint density at radius 1 is 1.24 bits per heavy atom. The van der Waals surface area contributed by atoms with Crippen molar-refractivity contribution in [3.63, 3.8) is 0 Å². The van der Waals surface area contributed by atoms with Crippen molar-refractivity contribution in [2.45, 2.75) is 6.92 Å². The standard InChI is InChI=1S/C12H12IN3O/c1-2-14-11-7-12(16-8-15-11)17-10-5-3-9(13)4-6-10/h3-8H,2H2,1H3,(H,14,15,16). The third-order valence-corrected chi connectivity index (χ3v) is 2.76. The molecule has 0 saturated heterocycles. The van der Waals surface area contributed by atoms with Crippen LogP contribution in [0.2, 0.25) is 0 Å². The van der Waals surface area contributed by atoms with Gasteiger partial charge in [-0.15, -0.1) is 0 Å².